The van der Waals surface area contributed by atoms with Crippen LogP contribution in [-0.4, -0.2) is 12.6 Å². The van der Waals surface area contributed by atoms with E-state index in [9.17, 15) is 4.79 Å². The van der Waals surface area contributed by atoms with Gasteiger partial charge in [0.2, 0.25) is 0 Å². The molecule has 1 aromatic heterocycles. The minimum atomic E-state index is -0.301. The highest BCUT2D eigenvalue weighted by atomic mass is 32.1. The first-order valence-corrected chi connectivity index (χ1v) is 5.54. The van der Waals surface area contributed by atoms with Crippen LogP contribution in [0.5, 0.6) is 0 Å². The van der Waals surface area contributed by atoms with E-state index in [1.165, 1.54) is 0 Å². The molecule has 78 valence electrons. The van der Waals surface area contributed by atoms with E-state index in [-0.39, 0.29) is 5.97 Å². The predicted molar refractivity (Wildman–Crippen MR) is 62.2 cm³/mol. The molecule has 2 rings (SSSR count). The van der Waals surface area contributed by atoms with Crippen LogP contribution in [0.25, 0.3) is 10.1 Å². The number of anilines is 1. The highest BCUT2D eigenvalue weighted by molar-refractivity contribution is 7.17. The van der Waals surface area contributed by atoms with Gasteiger partial charge in [-0.3, -0.25) is 0 Å². The van der Waals surface area contributed by atoms with Gasteiger partial charge in [-0.25, -0.2) is 4.79 Å². The Morgan fingerprint density at radius 2 is 2.33 bits per heavy atom. The summed E-state index contributed by atoms with van der Waals surface area (Å²) < 4.78 is 6.00. The summed E-state index contributed by atoms with van der Waals surface area (Å²) in [6, 6.07) is 5.43. The Hall–Kier alpha value is -1.55. The van der Waals surface area contributed by atoms with Crippen molar-refractivity contribution in [3.05, 3.63) is 29.1 Å². The van der Waals surface area contributed by atoms with Gasteiger partial charge in [0.05, 0.1) is 17.9 Å². The Labute approximate surface area is 91.5 Å². The van der Waals surface area contributed by atoms with Gasteiger partial charge in [-0.1, -0.05) is 0 Å². The molecule has 0 amide bonds. The molecule has 0 radical (unpaired) electrons. The first-order chi connectivity index (χ1) is 7.22. The summed E-state index contributed by atoms with van der Waals surface area (Å²) in [7, 11) is 0. The minimum Gasteiger partial charge on any atom is -0.462 e. The molecule has 0 aliphatic rings. The van der Waals surface area contributed by atoms with E-state index in [0.717, 1.165) is 10.1 Å². The fourth-order valence-corrected chi connectivity index (χ4v) is 2.22. The third-order valence-corrected chi connectivity index (χ3v) is 3.10. The van der Waals surface area contributed by atoms with Gasteiger partial charge in [-0.15, -0.1) is 11.3 Å². The van der Waals surface area contributed by atoms with E-state index in [1.807, 2.05) is 11.4 Å². The van der Waals surface area contributed by atoms with Crippen LogP contribution in [0.4, 0.5) is 5.69 Å². The second-order valence-electron chi connectivity index (χ2n) is 3.12. The summed E-state index contributed by atoms with van der Waals surface area (Å²) in [5, 5.41) is 2.80. The Balaban J connectivity index is 2.45. The number of hydrogen-bond donors (Lipinski definition) is 1. The molecule has 15 heavy (non-hydrogen) atoms. The molecule has 0 atom stereocenters. The fourth-order valence-electron chi connectivity index (χ4n) is 1.39. The topological polar surface area (TPSA) is 52.3 Å². The summed E-state index contributed by atoms with van der Waals surface area (Å²) >= 11 is 1.57. The number of thiophene rings is 1. The lowest BCUT2D eigenvalue weighted by molar-refractivity contribution is 0.0526. The second-order valence-corrected chi connectivity index (χ2v) is 4.03. The van der Waals surface area contributed by atoms with Crippen molar-refractivity contribution in [3.8, 4) is 0 Å². The summed E-state index contributed by atoms with van der Waals surface area (Å²) in [6.45, 7) is 2.17. The smallest absolute Gasteiger partial charge is 0.338 e. The fraction of sp³-hybridized carbons (Fsp3) is 0.182. The molecule has 1 aromatic carbocycles. The van der Waals surface area contributed by atoms with Gasteiger partial charge in [0.15, 0.2) is 0 Å². The molecule has 2 N–H and O–H groups in total. The molecule has 1 heterocycles. The normalized spacial score (nSPS) is 10.5. The molecule has 0 saturated carbocycles. The first kappa shape index (κ1) is 9.98. The largest absolute Gasteiger partial charge is 0.462 e. The lowest BCUT2D eigenvalue weighted by atomic mass is 10.1. The van der Waals surface area contributed by atoms with Crippen LogP contribution >= 0.6 is 11.3 Å². The summed E-state index contributed by atoms with van der Waals surface area (Å²) in [5.74, 6) is -0.301. The number of benzene rings is 1. The van der Waals surface area contributed by atoms with Gasteiger partial charge >= 0.3 is 5.97 Å². The quantitative estimate of drug-likeness (QED) is 0.793. The monoisotopic (exact) mass is 221 g/mol. The number of rotatable bonds is 2. The highest BCUT2D eigenvalue weighted by Gasteiger charge is 2.08. The average molecular weight is 221 g/mol. The Morgan fingerprint density at radius 1 is 1.53 bits per heavy atom. The van der Waals surface area contributed by atoms with Gasteiger partial charge in [-0.2, -0.15) is 0 Å². The van der Waals surface area contributed by atoms with Crippen LogP contribution in [0.2, 0.25) is 0 Å². The van der Waals surface area contributed by atoms with Crippen LogP contribution in [-0.2, 0) is 4.74 Å². The van der Waals surface area contributed by atoms with E-state index in [1.54, 1.807) is 30.4 Å². The molecule has 2 aromatic rings. The van der Waals surface area contributed by atoms with E-state index in [2.05, 4.69) is 0 Å². The van der Waals surface area contributed by atoms with Crippen LogP contribution in [0.15, 0.2) is 23.6 Å². The Kier molecular flexibility index (Phi) is 2.60. The maximum absolute atomic E-state index is 11.5. The van der Waals surface area contributed by atoms with E-state index >= 15 is 0 Å². The van der Waals surface area contributed by atoms with Gasteiger partial charge in [0, 0.05) is 15.5 Å². The summed E-state index contributed by atoms with van der Waals surface area (Å²) in [5.41, 5.74) is 7.04. The number of nitrogen functional groups attached to an aromatic ring is 1. The summed E-state index contributed by atoms with van der Waals surface area (Å²) in [6.07, 6.45) is 0. The van der Waals surface area contributed by atoms with E-state index < -0.39 is 0 Å². The molecule has 0 unspecified atom stereocenters. The van der Waals surface area contributed by atoms with E-state index in [0.29, 0.717) is 17.9 Å². The number of esters is 1. The highest BCUT2D eigenvalue weighted by Crippen LogP contribution is 2.28. The number of carbonyl (C=O) groups excluding carboxylic acids is 1. The first-order valence-electron chi connectivity index (χ1n) is 4.66. The Morgan fingerprint density at radius 3 is 3.07 bits per heavy atom. The molecule has 0 fully saturated rings. The second kappa shape index (κ2) is 3.90. The lowest BCUT2D eigenvalue weighted by Gasteiger charge is -2.01. The van der Waals surface area contributed by atoms with Crippen molar-refractivity contribution in [2.75, 3.05) is 12.3 Å². The van der Waals surface area contributed by atoms with Crippen LogP contribution < -0.4 is 5.73 Å². The number of ether oxygens (including phenoxy) is 1. The van der Waals surface area contributed by atoms with Gasteiger partial charge in [-0.05, 0) is 25.1 Å². The molecular weight excluding hydrogens is 210 g/mol. The lowest BCUT2D eigenvalue weighted by Crippen LogP contribution is -2.04. The van der Waals surface area contributed by atoms with Crippen LogP contribution in [0, 0.1) is 0 Å². The number of carbonyl (C=O) groups is 1. The van der Waals surface area contributed by atoms with Gasteiger partial charge < -0.3 is 10.5 Å². The van der Waals surface area contributed by atoms with Crippen LogP contribution in [0.1, 0.15) is 17.3 Å². The standard InChI is InChI=1S/C11H11NO2S/c1-2-14-11(13)7-3-4-10-8(5-7)9(12)6-15-10/h3-6H,2,12H2,1H3. The SMILES string of the molecule is CCOC(=O)c1ccc2scc(N)c2c1. The van der Waals surface area contributed by atoms with Crippen LogP contribution in [0.3, 0.4) is 0 Å². The molecule has 0 spiro atoms. The van der Waals surface area contributed by atoms with Crippen molar-refractivity contribution in [2.45, 2.75) is 6.92 Å². The molecule has 4 heteroatoms. The molecule has 0 saturated heterocycles. The number of hydrogen-bond acceptors (Lipinski definition) is 4. The third kappa shape index (κ3) is 1.80. The minimum absolute atomic E-state index is 0.301. The molecule has 0 bridgehead atoms. The third-order valence-electron chi connectivity index (χ3n) is 2.11. The van der Waals surface area contributed by atoms with E-state index in [4.69, 9.17) is 10.5 Å². The van der Waals surface area contributed by atoms with Crippen molar-refractivity contribution >= 4 is 33.1 Å². The zero-order chi connectivity index (χ0) is 10.8. The zero-order valence-electron chi connectivity index (χ0n) is 8.32. The molecule has 0 aliphatic heterocycles. The molecule has 0 aliphatic carbocycles. The maximum atomic E-state index is 11.5. The Bertz CT molecular complexity index is 504. The predicted octanol–water partition coefficient (Wildman–Crippen LogP) is 2.66. The zero-order valence-corrected chi connectivity index (χ0v) is 9.14. The van der Waals surface area contributed by atoms with Crippen molar-refractivity contribution in [1.82, 2.24) is 0 Å². The van der Waals surface area contributed by atoms with Crippen molar-refractivity contribution < 1.29 is 9.53 Å². The summed E-state index contributed by atoms with van der Waals surface area (Å²) in [4.78, 5) is 11.5. The molecular formula is C11H11NO2S. The van der Waals surface area contributed by atoms with Crippen molar-refractivity contribution in [1.29, 1.82) is 0 Å². The van der Waals surface area contributed by atoms with Gasteiger partial charge in [0.25, 0.3) is 0 Å². The molecule has 3 nitrogen and oxygen atoms in total. The van der Waals surface area contributed by atoms with Gasteiger partial charge in [0.1, 0.15) is 0 Å². The maximum Gasteiger partial charge on any atom is 0.338 e. The number of nitrogens with two attached hydrogens (primary N) is 1. The average Bonchev–Trinajstić information content (AvgIpc) is 2.60. The van der Waals surface area contributed by atoms with Crippen molar-refractivity contribution in [2.24, 2.45) is 0 Å². The van der Waals surface area contributed by atoms with Crippen molar-refractivity contribution in [3.63, 3.8) is 0 Å². The number of fused-ring (bicyclic) bond motifs is 1.